The third kappa shape index (κ3) is 2.09. The molecule has 90 valence electrons. The summed E-state index contributed by atoms with van der Waals surface area (Å²) in [6.45, 7) is 6.86. The van der Waals surface area contributed by atoms with Crippen LogP contribution in [0.3, 0.4) is 0 Å². The van der Waals surface area contributed by atoms with Gasteiger partial charge >= 0.3 is 0 Å². The zero-order valence-corrected chi connectivity index (χ0v) is 10.7. The largest absolute Gasteiger partial charge is 0.296 e. The maximum Gasteiger partial charge on any atom is 0.261 e. The van der Waals surface area contributed by atoms with Gasteiger partial charge in [0.25, 0.3) is 5.56 Å². The quantitative estimate of drug-likeness (QED) is 0.812. The molecule has 0 aliphatic carbocycles. The van der Waals surface area contributed by atoms with Crippen LogP contribution in [0.15, 0.2) is 23.0 Å². The van der Waals surface area contributed by atoms with Gasteiger partial charge in [-0.25, -0.2) is 4.98 Å². The fourth-order valence-corrected chi connectivity index (χ4v) is 2.10. The number of nitrogens with zero attached hydrogens (tertiary/aromatic N) is 2. The fraction of sp³-hybridized carbons (Fsp3) is 0.429. The maximum atomic E-state index is 12.4. The van der Waals surface area contributed by atoms with Crippen LogP contribution in [0, 0.1) is 6.92 Å². The van der Waals surface area contributed by atoms with E-state index in [0.717, 1.165) is 41.7 Å². The lowest BCUT2D eigenvalue weighted by atomic mass is 10.1. The zero-order valence-electron chi connectivity index (χ0n) is 10.7. The molecule has 0 fully saturated rings. The van der Waals surface area contributed by atoms with Gasteiger partial charge in [0.2, 0.25) is 0 Å². The highest BCUT2D eigenvalue weighted by Gasteiger charge is 2.08. The van der Waals surface area contributed by atoms with Crippen LogP contribution in [0.4, 0.5) is 0 Å². The molecule has 0 aliphatic heterocycles. The molecule has 3 nitrogen and oxygen atoms in total. The van der Waals surface area contributed by atoms with Gasteiger partial charge in [-0.2, -0.15) is 0 Å². The molecule has 0 bridgehead atoms. The molecule has 0 aliphatic rings. The highest BCUT2D eigenvalue weighted by Crippen LogP contribution is 2.11. The Kier molecular flexibility index (Phi) is 3.27. The predicted octanol–water partition coefficient (Wildman–Crippen LogP) is 2.68. The average molecular weight is 230 g/mol. The summed E-state index contributed by atoms with van der Waals surface area (Å²) in [5.41, 5.74) is 2.01. The molecule has 0 spiro atoms. The summed E-state index contributed by atoms with van der Waals surface area (Å²) < 4.78 is 1.81. The van der Waals surface area contributed by atoms with Gasteiger partial charge in [-0.15, -0.1) is 0 Å². The van der Waals surface area contributed by atoms with E-state index in [9.17, 15) is 4.79 Å². The Morgan fingerprint density at radius 1 is 1.29 bits per heavy atom. The molecule has 1 aromatic heterocycles. The molecule has 0 saturated heterocycles. The molecule has 0 atom stereocenters. The monoisotopic (exact) mass is 230 g/mol. The smallest absolute Gasteiger partial charge is 0.261 e. The van der Waals surface area contributed by atoms with Crippen molar-refractivity contribution in [3.05, 3.63) is 39.9 Å². The summed E-state index contributed by atoms with van der Waals surface area (Å²) in [6, 6.07) is 5.86. The second-order valence-corrected chi connectivity index (χ2v) is 4.36. The van der Waals surface area contributed by atoms with Crippen LogP contribution in [-0.2, 0) is 13.0 Å². The topological polar surface area (TPSA) is 34.9 Å². The van der Waals surface area contributed by atoms with Gasteiger partial charge in [-0.3, -0.25) is 9.36 Å². The second-order valence-electron chi connectivity index (χ2n) is 4.36. The van der Waals surface area contributed by atoms with Gasteiger partial charge in [-0.05, 0) is 25.5 Å². The fourth-order valence-electron chi connectivity index (χ4n) is 2.10. The first kappa shape index (κ1) is 11.8. The highest BCUT2D eigenvalue weighted by atomic mass is 16.1. The molecule has 17 heavy (non-hydrogen) atoms. The Balaban J connectivity index is 2.79. The summed E-state index contributed by atoms with van der Waals surface area (Å²) in [4.78, 5) is 17.0. The SMILES string of the molecule is CCCn1c(CC)nc2ccc(C)cc2c1=O. The van der Waals surface area contributed by atoms with Crippen molar-refractivity contribution in [2.24, 2.45) is 0 Å². The van der Waals surface area contributed by atoms with E-state index in [2.05, 4.69) is 11.9 Å². The van der Waals surface area contributed by atoms with E-state index >= 15 is 0 Å². The highest BCUT2D eigenvalue weighted by molar-refractivity contribution is 5.78. The van der Waals surface area contributed by atoms with Gasteiger partial charge in [0, 0.05) is 13.0 Å². The molecular formula is C14H18N2O. The Bertz CT molecular complexity index is 599. The van der Waals surface area contributed by atoms with Crippen LogP contribution in [0.1, 0.15) is 31.7 Å². The van der Waals surface area contributed by atoms with Crippen molar-refractivity contribution in [3.8, 4) is 0 Å². The van der Waals surface area contributed by atoms with Crippen LogP contribution in [-0.4, -0.2) is 9.55 Å². The first-order valence-corrected chi connectivity index (χ1v) is 6.17. The van der Waals surface area contributed by atoms with Gasteiger partial charge in [-0.1, -0.05) is 25.5 Å². The Labute approximate surface area is 101 Å². The zero-order chi connectivity index (χ0) is 12.4. The Morgan fingerprint density at radius 3 is 2.71 bits per heavy atom. The lowest BCUT2D eigenvalue weighted by Gasteiger charge is -2.11. The van der Waals surface area contributed by atoms with Crippen LogP contribution in [0.5, 0.6) is 0 Å². The van der Waals surface area contributed by atoms with E-state index in [1.165, 1.54) is 0 Å². The molecule has 1 heterocycles. The molecule has 0 saturated carbocycles. The minimum atomic E-state index is 0.0948. The first-order chi connectivity index (χ1) is 8.17. The third-order valence-electron chi connectivity index (χ3n) is 2.95. The Morgan fingerprint density at radius 2 is 2.06 bits per heavy atom. The maximum absolute atomic E-state index is 12.4. The van der Waals surface area contributed by atoms with Crippen molar-refractivity contribution < 1.29 is 0 Å². The summed E-state index contributed by atoms with van der Waals surface area (Å²) in [5, 5.41) is 0.732. The second kappa shape index (κ2) is 4.70. The number of aromatic nitrogens is 2. The van der Waals surface area contributed by atoms with Crippen molar-refractivity contribution in [2.45, 2.75) is 40.2 Å². The van der Waals surface area contributed by atoms with E-state index in [1.807, 2.05) is 36.6 Å². The normalized spacial score (nSPS) is 11.0. The molecular weight excluding hydrogens is 212 g/mol. The molecule has 3 heteroatoms. The van der Waals surface area contributed by atoms with Gasteiger partial charge in [0.1, 0.15) is 5.82 Å². The number of fused-ring (bicyclic) bond motifs is 1. The molecule has 2 aromatic rings. The van der Waals surface area contributed by atoms with Crippen LogP contribution in [0.2, 0.25) is 0 Å². The summed E-state index contributed by atoms with van der Waals surface area (Å²) >= 11 is 0. The van der Waals surface area contributed by atoms with Gasteiger partial charge in [0.15, 0.2) is 0 Å². The van der Waals surface area contributed by atoms with Crippen molar-refractivity contribution in [2.75, 3.05) is 0 Å². The molecule has 0 amide bonds. The minimum Gasteiger partial charge on any atom is -0.296 e. The number of rotatable bonds is 3. The number of hydrogen-bond acceptors (Lipinski definition) is 2. The predicted molar refractivity (Wildman–Crippen MR) is 70.4 cm³/mol. The first-order valence-electron chi connectivity index (χ1n) is 6.17. The number of benzene rings is 1. The van der Waals surface area contributed by atoms with E-state index in [-0.39, 0.29) is 5.56 Å². The van der Waals surface area contributed by atoms with Crippen LogP contribution >= 0.6 is 0 Å². The molecule has 2 rings (SSSR count). The average Bonchev–Trinajstić information content (AvgIpc) is 2.33. The van der Waals surface area contributed by atoms with Crippen LogP contribution < -0.4 is 5.56 Å². The van der Waals surface area contributed by atoms with E-state index in [0.29, 0.717) is 0 Å². The van der Waals surface area contributed by atoms with Crippen LogP contribution in [0.25, 0.3) is 10.9 Å². The summed E-state index contributed by atoms with van der Waals surface area (Å²) in [7, 11) is 0. The van der Waals surface area contributed by atoms with E-state index in [4.69, 9.17) is 0 Å². The lowest BCUT2D eigenvalue weighted by molar-refractivity contribution is 0.610. The van der Waals surface area contributed by atoms with E-state index in [1.54, 1.807) is 0 Å². The number of hydrogen-bond donors (Lipinski definition) is 0. The molecule has 0 radical (unpaired) electrons. The lowest BCUT2D eigenvalue weighted by Crippen LogP contribution is -2.25. The van der Waals surface area contributed by atoms with Crippen molar-refractivity contribution >= 4 is 10.9 Å². The van der Waals surface area contributed by atoms with Crippen molar-refractivity contribution in [3.63, 3.8) is 0 Å². The minimum absolute atomic E-state index is 0.0948. The van der Waals surface area contributed by atoms with E-state index < -0.39 is 0 Å². The van der Waals surface area contributed by atoms with Crippen molar-refractivity contribution in [1.82, 2.24) is 9.55 Å². The van der Waals surface area contributed by atoms with Crippen molar-refractivity contribution in [1.29, 1.82) is 0 Å². The summed E-state index contributed by atoms with van der Waals surface area (Å²) in [5.74, 6) is 0.883. The third-order valence-corrected chi connectivity index (χ3v) is 2.95. The van der Waals surface area contributed by atoms with Gasteiger partial charge in [0.05, 0.1) is 10.9 Å². The standard InChI is InChI=1S/C14H18N2O/c1-4-8-16-13(5-2)15-12-7-6-10(3)9-11(12)14(16)17/h6-7,9H,4-5,8H2,1-3H3. The Hall–Kier alpha value is -1.64. The summed E-state index contributed by atoms with van der Waals surface area (Å²) in [6.07, 6.45) is 1.74. The molecule has 0 unspecified atom stereocenters. The van der Waals surface area contributed by atoms with Gasteiger partial charge < -0.3 is 0 Å². The number of aryl methyl sites for hydroxylation is 2. The molecule has 0 N–H and O–H groups in total. The molecule has 1 aromatic carbocycles.